The summed E-state index contributed by atoms with van der Waals surface area (Å²) in [5.41, 5.74) is 7.01. The van der Waals surface area contributed by atoms with Crippen molar-refractivity contribution in [1.29, 1.82) is 0 Å². The van der Waals surface area contributed by atoms with Crippen molar-refractivity contribution in [1.82, 2.24) is 0 Å². The molecule has 0 aliphatic rings. The van der Waals surface area contributed by atoms with Crippen LogP contribution in [0.2, 0.25) is 0 Å². The highest BCUT2D eigenvalue weighted by Gasteiger charge is 2.15. The number of hydrogen-bond donors (Lipinski definition) is 2. The maximum absolute atomic E-state index is 9.87. The van der Waals surface area contributed by atoms with Crippen LogP contribution in [-0.4, -0.2) is 11.2 Å². The number of hydrogen-bond acceptors (Lipinski definition) is 2. The zero-order valence-electron chi connectivity index (χ0n) is 9.40. The topological polar surface area (TPSA) is 46.2 Å². The Balaban J connectivity index is 0.00000225. The molecule has 92 valence electrons. The first-order chi connectivity index (χ1) is 7.15. The SMILES string of the molecule is CCCC[C@@H](O)[C@@H](N)c1cccc(I)c1.Cl. The second kappa shape index (κ2) is 8.28. The Morgan fingerprint density at radius 2 is 2.12 bits per heavy atom. The van der Waals surface area contributed by atoms with Crippen LogP contribution in [0.5, 0.6) is 0 Å². The van der Waals surface area contributed by atoms with Gasteiger partial charge in [0.1, 0.15) is 0 Å². The van der Waals surface area contributed by atoms with Crippen LogP contribution in [0.1, 0.15) is 37.8 Å². The van der Waals surface area contributed by atoms with E-state index in [9.17, 15) is 5.11 Å². The third kappa shape index (κ3) is 4.99. The van der Waals surface area contributed by atoms with E-state index < -0.39 is 6.10 Å². The van der Waals surface area contributed by atoms with Gasteiger partial charge in [0.25, 0.3) is 0 Å². The molecule has 0 spiro atoms. The number of aliphatic hydroxyl groups is 1. The van der Waals surface area contributed by atoms with Crippen LogP contribution in [-0.2, 0) is 0 Å². The van der Waals surface area contributed by atoms with Crippen LogP contribution in [0.15, 0.2) is 24.3 Å². The van der Waals surface area contributed by atoms with Gasteiger partial charge in [-0.3, -0.25) is 0 Å². The molecule has 0 bridgehead atoms. The first-order valence-corrected chi connectivity index (χ1v) is 6.42. The van der Waals surface area contributed by atoms with Crippen molar-refractivity contribution in [2.75, 3.05) is 0 Å². The lowest BCUT2D eigenvalue weighted by atomic mass is 9.99. The molecule has 0 aliphatic heterocycles. The van der Waals surface area contributed by atoms with Crippen molar-refractivity contribution in [3.05, 3.63) is 33.4 Å². The molecule has 1 aromatic rings. The van der Waals surface area contributed by atoms with Crippen LogP contribution in [0.25, 0.3) is 0 Å². The minimum Gasteiger partial charge on any atom is -0.391 e. The molecule has 0 heterocycles. The van der Waals surface area contributed by atoms with E-state index in [0.29, 0.717) is 0 Å². The average molecular weight is 356 g/mol. The molecule has 2 nitrogen and oxygen atoms in total. The third-order valence-electron chi connectivity index (χ3n) is 2.50. The molecule has 0 aromatic heterocycles. The zero-order chi connectivity index (χ0) is 11.3. The van der Waals surface area contributed by atoms with E-state index >= 15 is 0 Å². The Morgan fingerprint density at radius 3 is 2.69 bits per heavy atom. The van der Waals surface area contributed by atoms with Gasteiger partial charge in [0.05, 0.1) is 12.1 Å². The Labute approximate surface area is 117 Å². The van der Waals surface area contributed by atoms with E-state index in [1.807, 2.05) is 24.3 Å². The van der Waals surface area contributed by atoms with E-state index in [1.165, 1.54) is 0 Å². The summed E-state index contributed by atoms with van der Waals surface area (Å²) in [6, 6.07) is 7.74. The second-order valence-electron chi connectivity index (χ2n) is 3.79. The minimum absolute atomic E-state index is 0. The molecule has 0 amide bonds. The lowest BCUT2D eigenvalue weighted by Gasteiger charge is -2.19. The zero-order valence-corrected chi connectivity index (χ0v) is 12.4. The Morgan fingerprint density at radius 1 is 1.44 bits per heavy atom. The molecule has 0 saturated heterocycles. The van der Waals surface area contributed by atoms with Crippen molar-refractivity contribution in [2.45, 2.75) is 38.3 Å². The summed E-state index contributed by atoms with van der Waals surface area (Å²) in [5.74, 6) is 0. The number of unbranched alkanes of at least 4 members (excludes halogenated alkanes) is 1. The van der Waals surface area contributed by atoms with E-state index in [2.05, 4.69) is 29.5 Å². The smallest absolute Gasteiger partial charge is 0.0732 e. The van der Waals surface area contributed by atoms with E-state index in [-0.39, 0.29) is 18.4 Å². The molecule has 16 heavy (non-hydrogen) atoms. The fourth-order valence-electron chi connectivity index (χ4n) is 1.53. The van der Waals surface area contributed by atoms with E-state index in [4.69, 9.17) is 5.73 Å². The second-order valence-corrected chi connectivity index (χ2v) is 5.04. The molecular formula is C12H19ClINO. The summed E-state index contributed by atoms with van der Waals surface area (Å²) in [5, 5.41) is 9.87. The summed E-state index contributed by atoms with van der Waals surface area (Å²) in [6.45, 7) is 2.11. The molecule has 0 unspecified atom stereocenters. The fourth-order valence-corrected chi connectivity index (χ4v) is 2.10. The summed E-state index contributed by atoms with van der Waals surface area (Å²) in [7, 11) is 0. The van der Waals surface area contributed by atoms with Gasteiger partial charge in [0.15, 0.2) is 0 Å². The standard InChI is InChI=1S/C12H18INO.ClH/c1-2-3-7-11(15)12(14)9-5-4-6-10(13)8-9;/h4-6,8,11-12,15H,2-3,7,14H2,1H3;1H/t11-,12+;/m1./s1. The first kappa shape index (κ1) is 16.2. The lowest BCUT2D eigenvalue weighted by molar-refractivity contribution is 0.132. The van der Waals surface area contributed by atoms with Gasteiger partial charge in [0, 0.05) is 3.57 Å². The van der Waals surface area contributed by atoms with Gasteiger partial charge in [-0.2, -0.15) is 0 Å². The van der Waals surface area contributed by atoms with Gasteiger partial charge in [-0.1, -0.05) is 31.9 Å². The Bertz CT molecular complexity index is 309. The molecule has 3 N–H and O–H groups in total. The van der Waals surface area contributed by atoms with Gasteiger partial charge in [0.2, 0.25) is 0 Å². The maximum Gasteiger partial charge on any atom is 0.0732 e. The molecule has 1 rings (SSSR count). The first-order valence-electron chi connectivity index (χ1n) is 5.34. The maximum atomic E-state index is 9.87. The fraction of sp³-hybridized carbons (Fsp3) is 0.500. The molecular weight excluding hydrogens is 336 g/mol. The van der Waals surface area contributed by atoms with Crippen LogP contribution < -0.4 is 5.73 Å². The van der Waals surface area contributed by atoms with E-state index in [0.717, 1.165) is 28.4 Å². The highest BCUT2D eigenvalue weighted by atomic mass is 127. The van der Waals surface area contributed by atoms with Gasteiger partial charge in [-0.05, 0) is 46.7 Å². The summed E-state index contributed by atoms with van der Waals surface area (Å²) in [6.07, 6.45) is 2.47. The van der Waals surface area contributed by atoms with Crippen LogP contribution in [0.4, 0.5) is 0 Å². The lowest BCUT2D eigenvalue weighted by Crippen LogP contribution is -2.26. The molecule has 4 heteroatoms. The highest BCUT2D eigenvalue weighted by molar-refractivity contribution is 14.1. The van der Waals surface area contributed by atoms with Crippen LogP contribution in [0.3, 0.4) is 0 Å². The number of aliphatic hydroxyl groups excluding tert-OH is 1. The largest absolute Gasteiger partial charge is 0.391 e. The van der Waals surface area contributed by atoms with Gasteiger partial charge in [-0.25, -0.2) is 0 Å². The minimum atomic E-state index is -0.428. The Hall–Kier alpha value is 0.160. The molecule has 0 radical (unpaired) electrons. The monoisotopic (exact) mass is 355 g/mol. The molecule has 1 aromatic carbocycles. The van der Waals surface area contributed by atoms with Gasteiger partial charge >= 0.3 is 0 Å². The van der Waals surface area contributed by atoms with Crippen molar-refractivity contribution in [3.8, 4) is 0 Å². The number of nitrogens with two attached hydrogens (primary N) is 1. The predicted molar refractivity (Wildman–Crippen MR) is 78.9 cm³/mol. The predicted octanol–water partition coefficient (Wildman–Crippen LogP) is 3.26. The summed E-state index contributed by atoms with van der Waals surface area (Å²) in [4.78, 5) is 0. The van der Waals surface area contributed by atoms with Crippen LogP contribution in [0, 0.1) is 3.57 Å². The molecule has 0 fully saturated rings. The van der Waals surface area contributed by atoms with E-state index in [1.54, 1.807) is 0 Å². The third-order valence-corrected chi connectivity index (χ3v) is 3.17. The highest BCUT2D eigenvalue weighted by Crippen LogP contribution is 2.19. The number of rotatable bonds is 5. The van der Waals surface area contributed by atoms with Crippen LogP contribution >= 0.6 is 35.0 Å². The van der Waals surface area contributed by atoms with Crippen molar-refractivity contribution < 1.29 is 5.11 Å². The van der Waals surface area contributed by atoms with Crippen molar-refractivity contribution in [3.63, 3.8) is 0 Å². The van der Waals surface area contributed by atoms with Gasteiger partial charge in [-0.15, -0.1) is 12.4 Å². The molecule has 2 atom stereocenters. The summed E-state index contributed by atoms with van der Waals surface area (Å²) < 4.78 is 1.16. The van der Waals surface area contributed by atoms with Crippen molar-refractivity contribution >= 4 is 35.0 Å². The normalized spacial score (nSPS) is 14.0. The van der Waals surface area contributed by atoms with Crippen molar-refractivity contribution in [2.24, 2.45) is 5.73 Å². The quantitative estimate of drug-likeness (QED) is 0.796. The Kier molecular flexibility index (Phi) is 8.36. The average Bonchev–Trinajstić information content (AvgIpc) is 2.24. The van der Waals surface area contributed by atoms with Gasteiger partial charge < -0.3 is 10.8 Å². The number of halogens is 2. The number of benzene rings is 1. The molecule has 0 aliphatic carbocycles. The summed E-state index contributed by atoms with van der Waals surface area (Å²) >= 11 is 2.25. The molecule has 0 saturated carbocycles.